The van der Waals surface area contributed by atoms with Gasteiger partial charge in [-0.05, 0) is 39.0 Å². The summed E-state index contributed by atoms with van der Waals surface area (Å²) in [6.45, 7) is 3.79. The maximum atomic E-state index is 13.0. The van der Waals surface area contributed by atoms with Gasteiger partial charge in [0.1, 0.15) is 0 Å². The summed E-state index contributed by atoms with van der Waals surface area (Å²) in [6, 6.07) is 0.256. The number of nitrogens with zero attached hydrogens (tertiary/aromatic N) is 4. The summed E-state index contributed by atoms with van der Waals surface area (Å²) in [5.74, 6) is 0.107. The number of likely N-dealkylation sites (tertiary alicyclic amines) is 2. The molecule has 3 aliphatic rings. The van der Waals surface area contributed by atoms with E-state index < -0.39 is 6.10 Å². The average molecular weight is 418 g/mol. The lowest BCUT2D eigenvalue weighted by Crippen LogP contribution is -2.53. The maximum Gasteiger partial charge on any atom is 0.257 e. The Hall–Kier alpha value is -1.93. The molecule has 8 nitrogen and oxygen atoms in total. The monoisotopic (exact) mass is 417 g/mol. The van der Waals surface area contributed by atoms with Crippen LogP contribution in [0, 0.1) is 6.92 Å². The molecule has 1 aromatic heterocycles. The predicted octanol–water partition coefficient (Wildman–Crippen LogP) is 1.22. The second-order valence-electron chi connectivity index (χ2n) is 9.24. The number of aliphatic hydroxyl groups excluding tert-OH is 1. The van der Waals surface area contributed by atoms with Crippen LogP contribution in [0.2, 0.25) is 0 Å². The number of amides is 2. The number of carbonyl (C=O) groups is 2. The number of β-amino-alcohol motifs (C(OH)–C–C–N with tert-alkyl or cyclic N) is 1. The number of aliphatic hydroxyl groups is 1. The van der Waals surface area contributed by atoms with Gasteiger partial charge in [-0.25, -0.2) is 0 Å². The van der Waals surface area contributed by atoms with Gasteiger partial charge in [-0.3, -0.25) is 19.2 Å². The lowest BCUT2D eigenvalue weighted by molar-refractivity contribution is -0.127. The Morgan fingerprint density at radius 3 is 2.47 bits per heavy atom. The first-order valence-electron chi connectivity index (χ1n) is 11.5. The molecule has 3 heterocycles. The minimum absolute atomic E-state index is 0.0344. The zero-order chi connectivity index (χ0) is 21.3. The Kier molecular flexibility index (Phi) is 6.43. The third-order valence-corrected chi connectivity index (χ3v) is 7.26. The van der Waals surface area contributed by atoms with Gasteiger partial charge in [0.25, 0.3) is 5.91 Å². The van der Waals surface area contributed by atoms with E-state index in [-0.39, 0.29) is 29.9 Å². The van der Waals surface area contributed by atoms with Crippen molar-refractivity contribution in [2.24, 2.45) is 7.05 Å². The van der Waals surface area contributed by atoms with E-state index in [9.17, 15) is 14.7 Å². The standard InChI is InChI=1S/C22H35N5O3/c1-15-19(13-23-25(15)2)22(30)26-10-8-17(9-11-26)27-14-18(28)12-20(27)21(29)24-16-6-4-3-5-7-16/h13,16-18,20,28H,3-12,14H2,1-2H3,(H,24,29)/t18-,20+/m1/s1. The highest BCUT2D eigenvalue weighted by atomic mass is 16.3. The molecule has 1 aliphatic carbocycles. The van der Waals surface area contributed by atoms with E-state index in [1.165, 1.54) is 19.3 Å². The highest BCUT2D eigenvalue weighted by Crippen LogP contribution is 2.28. The first-order chi connectivity index (χ1) is 14.4. The summed E-state index contributed by atoms with van der Waals surface area (Å²) in [6.07, 6.45) is 9.11. The molecular formula is C22H35N5O3. The molecule has 2 amide bonds. The number of carbonyl (C=O) groups excluding carboxylic acids is 2. The number of rotatable bonds is 4. The van der Waals surface area contributed by atoms with Crippen molar-refractivity contribution in [2.75, 3.05) is 19.6 Å². The highest BCUT2D eigenvalue weighted by molar-refractivity contribution is 5.95. The Balaban J connectivity index is 1.35. The smallest absolute Gasteiger partial charge is 0.257 e. The molecule has 2 aliphatic heterocycles. The number of aryl methyl sites for hydroxylation is 1. The van der Waals surface area contributed by atoms with Gasteiger partial charge in [0.2, 0.25) is 5.91 Å². The van der Waals surface area contributed by atoms with Crippen molar-refractivity contribution >= 4 is 11.8 Å². The third kappa shape index (κ3) is 4.39. The van der Waals surface area contributed by atoms with Crippen molar-refractivity contribution in [3.8, 4) is 0 Å². The van der Waals surface area contributed by atoms with Crippen LogP contribution in [0.3, 0.4) is 0 Å². The Bertz CT molecular complexity index is 765. The molecule has 0 aromatic carbocycles. The lowest BCUT2D eigenvalue weighted by Gasteiger charge is -2.39. The van der Waals surface area contributed by atoms with Gasteiger partial charge >= 0.3 is 0 Å². The fraction of sp³-hybridized carbons (Fsp3) is 0.773. The molecule has 0 spiro atoms. The lowest BCUT2D eigenvalue weighted by atomic mass is 9.95. The van der Waals surface area contributed by atoms with E-state index in [0.717, 1.165) is 31.4 Å². The van der Waals surface area contributed by atoms with Crippen molar-refractivity contribution in [3.05, 3.63) is 17.5 Å². The van der Waals surface area contributed by atoms with Crippen LogP contribution in [0.5, 0.6) is 0 Å². The van der Waals surface area contributed by atoms with Crippen LogP contribution in [0.4, 0.5) is 0 Å². The van der Waals surface area contributed by atoms with E-state index >= 15 is 0 Å². The van der Waals surface area contributed by atoms with Gasteiger partial charge in [0.15, 0.2) is 0 Å². The molecule has 4 rings (SSSR count). The van der Waals surface area contributed by atoms with E-state index in [1.54, 1.807) is 10.9 Å². The Morgan fingerprint density at radius 1 is 1.13 bits per heavy atom. The van der Waals surface area contributed by atoms with Crippen LogP contribution in [-0.4, -0.2) is 80.4 Å². The summed E-state index contributed by atoms with van der Waals surface area (Å²) >= 11 is 0. The molecule has 2 saturated heterocycles. The van der Waals surface area contributed by atoms with Crippen molar-refractivity contribution < 1.29 is 14.7 Å². The minimum Gasteiger partial charge on any atom is -0.392 e. The van der Waals surface area contributed by atoms with Gasteiger partial charge < -0.3 is 15.3 Å². The van der Waals surface area contributed by atoms with E-state index in [0.29, 0.717) is 31.6 Å². The first kappa shape index (κ1) is 21.3. The van der Waals surface area contributed by atoms with Gasteiger partial charge in [-0.2, -0.15) is 5.10 Å². The number of aromatic nitrogens is 2. The summed E-state index contributed by atoms with van der Waals surface area (Å²) in [4.78, 5) is 29.9. The molecule has 0 radical (unpaired) electrons. The second-order valence-corrected chi connectivity index (χ2v) is 9.24. The van der Waals surface area contributed by atoms with E-state index in [2.05, 4.69) is 15.3 Å². The molecule has 1 saturated carbocycles. The quantitative estimate of drug-likeness (QED) is 0.769. The predicted molar refractivity (Wildman–Crippen MR) is 113 cm³/mol. The first-order valence-corrected chi connectivity index (χ1v) is 11.5. The molecule has 0 unspecified atom stereocenters. The highest BCUT2D eigenvalue weighted by Gasteiger charge is 2.41. The summed E-state index contributed by atoms with van der Waals surface area (Å²) < 4.78 is 1.72. The largest absolute Gasteiger partial charge is 0.392 e. The summed E-state index contributed by atoms with van der Waals surface area (Å²) in [5.41, 5.74) is 1.54. The second kappa shape index (κ2) is 9.06. The molecular weight excluding hydrogens is 382 g/mol. The molecule has 2 N–H and O–H groups in total. The Labute approximate surface area is 178 Å². The summed E-state index contributed by atoms with van der Waals surface area (Å²) in [7, 11) is 1.84. The van der Waals surface area contributed by atoms with Crippen LogP contribution >= 0.6 is 0 Å². The van der Waals surface area contributed by atoms with Crippen molar-refractivity contribution in [2.45, 2.75) is 82.5 Å². The molecule has 30 heavy (non-hydrogen) atoms. The van der Waals surface area contributed by atoms with Crippen molar-refractivity contribution in [1.82, 2.24) is 24.9 Å². The number of hydrogen-bond acceptors (Lipinski definition) is 5. The van der Waals surface area contributed by atoms with E-state index in [4.69, 9.17) is 0 Å². The molecule has 2 atom stereocenters. The number of hydrogen-bond donors (Lipinski definition) is 2. The van der Waals surface area contributed by atoms with Gasteiger partial charge in [-0.15, -0.1) is 0 Å². The molecule has 1 aromatic rings. The topological polar surface area (TPSA) is 90.7 Å². The number of nitrogens with one attached hydrogen (secondary N) is 1. The van der Waals surface area contributed by atoms with Crippen LogP contribution in [0.15, 0.2) is 6.20 Å². The molecule has 0 bridgehead atoms. The van der Waals surface area contributed by atoms with Crippen LogP contribution in [0.25, 0.3) is 0 Å². The number of piperidine rings is 1. The van der Waals surface area contributed by atoms with Gasteiger partial charge in [0, 0.05) is 44.5 Å². The zero-order valence-corrected chi connectivity index (χ0v) is 18.2. The van der Waals surface area contributed by atoms with Gasteiger partial charge in [-0.1, -0.05) is 19.3 Å². The van der Waals surface area contributed by atoms with E-state index in [1.807, 2.05) is 18.9 Å². The third-order valence-electron chi connectivity index (χ3n) is 7.26. The zero-order valence-electron chi connectivity index (χ0n) is 18.2. The van der Waals surface area contributed by atoms with Crippen LogP contribution in [0.1, 0.15) is 67.4 Å². The normalized spacial score (nSPS) is 26.8. The Morgan fingerprint density at radius 2 is 1.83 bits per heavy atom. The van der Waals surface area contributed by atoms with Gasteiger partial charge in [0.05, 0.1) is 23.9 Å². The van der Waals surface area contributed by atoms with Crippen molar-refractivity contribution in [3.63, 3.8) is 0 Å². The average Bonchev–Trinajstić information content (AvgIpc) is 3.31. The molecule has 8 heteroatoms. The fourth-order valence-corrected chi connectivity index (χ4v) is 5.32. The van der Waals surface area contributed by atoms with Crippen LogP contribution in [-0.2, 0) is 11.8 Å². The summed E-state index contributed by atoms with van der Waals surface area (Å²) in [5, 5.41) is 17.7. The SMILES string of the molecule is Cc1c(C(=O)N2CCC(N3C[C@H](O)C[C@H]3C(=O)NC3CCCCC3)CC2)cnn1C. The maximum absolute atomic E-state index is 13.0. The fourth-order valence-electron chi connectivity index (χ4n) is 5.32. The molecule has 166 valence electrons. The van der Waals surface area contributed by atoms with Crippen LogP contribution < -0.4 is 5.32 Å². The minimum atomic E-state index is -0.454. The molecule has 3 fully saturated rings. The van der Waals surface area contributed by atoms with Crippen molar-refractivity contribution in [1.29, 1.82) is 0 Å².